The number of hydrazone groups is 1. The largest absolute Gasteiger partial charge is 0.508 e. The first-order valence-electron chi connectivity index (χ1n) is 8.87. The molecule has 144 valence electrons. The molecule has 1 fully saturated rings. The zero-order chi connectivity index (χ0) is 19.6. The molecule has 2 heterocycles. The van der Waals surface area contributed by atoms with Gasteiger partial charge < -0.3 is 14.9 Å². The highest BCUT2D eigenvalue weighted by Gasteiger charge is 2.48. The monoisotopic (exact) mass is 372 g/mol. The first kappa shape index (κ1) is 18.7. The van der Waals surface area contributed by atoms with E-state index in [-0.39, 0.29) is 11.7 Å². The molecule has 0 aromatic heterocycles. The van der Waals surface area contributed by atoms with E-state index in [4.69, 9.17) is 0 Å². The molecule has 1 saturated heterocycles. The molecule has 1 aromatic rings. The third-order valence-electron chi connectivity index (χ3n) is 4.56. The number of guanidine groups is 1. The number of aromatic hydroxyl groups is 1. The number of likely N-dealkylation sites (N-methyl/N-ethyl adjacent to an activating group) is 1. The van der Waals surface area contributed by atoms with Crippen molar-refractivity contribution in [3.05, 3.63) is 29.8 Å². The molecule has 9 heteroatoms. The Morgan fingerprint density at radius 1 is 1.41 bits per heavy atom. The van der Waals surface area contributed by atoms with Crippen molar-refractivity contribution in [1.29, 1.82) is 0 Å². The Bertz CT molecular complexity index is 791. The van der Waals surface area contributed by atoms with Crippen molar-refractivity contribution in [3.8, 4) is 5.75 Å². The summed E-state index contributed by atoms with van der Waals surface area (Å²) in [6.45, 7) is 4.82. The lowest BCUT2D eigenvalue weighted by molar-refractivity contribution is -0.127. The van der Waals surface area contributed by atoms with Crippen molar-refractivity contribution in [3.63, 3.8) is 0 Å². The molecule has 2 aliphatic heterocycles. The Kier molecular flexibility index (Phi) is 5.29. The lowest BCUT2D eigenvalue weighted by Crippen LogP contribution is -2.64. The summed E-state index contributed by atoms with van der Waals surface area (Å²) in [5, 5.41) is 16.1. The third-order valence-corrected chi connectivity index (χ3v) is 4.56. The number of aliphatic imine (C=N–C) groups is 1. The number of fused-ring (bicyclic) bond motifs is 1. The molecule has 3 N–H and O–H groups in total. The smallest absolute Gasteiger partial charge is 0.325 e. The molecule has 1 aromatic carbocycles. The predicted molar refractivity (Wildman–Crippen MR) is 101 cm³/mol. The van der Waals surface area contributed by atoms with Gasteiger partial charge >= 0.3 is 6.03 Å². The molecule has 3 amide bonds. The van der Waals surface area contributed by atoms with Crippen molar-refractivity contribution in [2.75, 3.05) is 13.6 Å². The lowest BCUT2D eigenvalue weighted by Gasteiger charge is -2.36. The van der Waals surface area contributed by atoms with E-state index >= 15 is 0 Å². The maximum atomic E-state index is 12.4. The first-order chi connectivity index (χ1) is 12.9. The molecule has 9 nitrogen and oxygen atoms in total. The number of hydrogen-bond donors (Lipinski definition) is 3. The van der Waals surface area contributed by atoms with Crippen LogP contribution in [0.2, 0.25) is 0 Å². The summed E-state index contributed by atoms with van der Waals surface area (Å²) in [6, 6.07) is 5.65. The molecule has 0 saturated carbocycles. The van der Waals surface area contributed by atoms with Crippen LogP contribution in [0.25, 0.3) is 0 Å². The second-order valence-corrected chi connectivity index (χ2v) is 7.06. The van der Waals surface area contributed by atoms with Crippen LogP contribution in [0.3, 0.4) is 0 Å². The molecule has 3 rings (SSSR count). The summed E-state index contributed by atoms with van der Waals surface area (Å²) in [4.78, 5) is 32.1. The number of amides is 3. The van der Waals surface area contributed by atoms with Gasteiger partial charge in [-0.25, -0.2) is 15.2 Å². The summed E-state index contributed by atoms with van der Waals surface area (Å²) in [5.74, 6) is 0.689. The number of hydrogen-bond acceptors (Lipinski definition) is 7. The number of carbonyl (C=O) groups is 2. The molecular weight excluding hydrogens is 348 g/mol. The van der Waals surface area contributed by atoms with E-state index in [1.54, 1.807) is 37.5 Å². The summed E-state index contributed by atoms with van der Waals surface area (Å²) in [6.07, 6.45) is 1.84. The van der Waals surface area contributed by atoms with E-state index in [2.05, 4.69) is 34.7 Å². The number of nitrogens with zero attached hydrogens (tertiary/aromatic N) is 4. The highest BCUT2D eigenvalue weighted by Crippen LogP contribution is 2.24. The molecule has 0 spiro atoms. The first-order valence-corrected chi connectivity index (χ1v) is 8.87. The van der Waals surface area contributed by atoms with Gasteiger partial charge in [0.05, 0.1) is 6.21 Å². The van der Waals surface area contributed by atoms with Crippen molar-refractivity contribution < 1.29 is 14.7 Å². The third kappa shape index (κ3) is 4.02. The Balaban J connectivity index is 1.79. The number of carbonyl (C=O) groups excluding carboxylic acids is 2. The number of rotatable bonds is 5. The topological polar surface area (TPSA) is 110 Å². The maximum absolute atomic E-state index is 12.4. The van der Waals surface area contributed by atoms with Crippen LogP contribution < -0.4 is 10.7 Å². The van der Waals surface area contributed by atoms with Crippen LogP contribution in [-0.2, 0) is 4.79 Å². The number of nitrogens with one attached hydrogen (secondary N) is 2. The van der Waals surface area contributed by atoms with Crippen molar-refractivity contribution in [2.45, 2.75) is 32.5 Å². The zero-order valence-corrected chi connectivity index (χ0v) is 15.6. The Morgan fingerprint density at radius 2 is 2.19 bits per heavy atom. The second-order valence-electron chi connectivity index (χ2n) is 7.06. The molecule has 2 unspecified atom stereocenters. The number of urea groups is 1. The van der Waals surface area contributed by atoms with Crippen LogP contribution in [0.4, 0.5) is 4.79 Å². The van der Waals surface area contributed by atoms with Gasteiger partial charge in [0.15, 0.2) is 12.2 Å². The molecule has 2 aliphatic rings. The summed E-state index contributed by atoms with van der Waals surface area (Å²) < 4.78 is 0. The summed E-state index contributed by atoms with van der Waals surface area (Å²) >= 11 is 0. The van der Waals surface area contributed by atoms with Crippen LogP contribution in [0, 0.1) is 5.92 Å². The van der Waals surface area contributed by atoms with Gasteiger partial charge in [0.1, 0.15) is 5.75 Å². The fourth-order valence-corrected chi connectivity index (χ4v) is 3.03. The Labute approximate surface area is 157 Å². The van der Waals surface area contributed by atoms with Gasteiger partial charge in [-0.1, -0.05) is 26.0 Å². The molecule has 27 heavy (non-hydrogen) atoms. The highest BCUT2D eigenvalue weighted by molar-refractivity contribution is 6.03. The molecule has 0 radical (unpaired) electrons. The number of phenolic OH excluding ortho intramolecular Hbond substituents is 1. The zero-order valence-electron chi connectivity index (χ0n) is 15.6. The van der Waals surface area contributed by atoms with Crippen LogP contribution in [0.5, 0.6) is 5.75 Å². The Morgan fingerprint density at radius 3 is 2.89 bits per heavy atom. The van der Waals surface area contributed by atoms with E-state index in [1.807, 2.05) is 4.90 Å². The van der Waals surface area contributed by atoms with Crippen LogP contribution in [0.15, 0.2) is 34.4 Å². The Hall–Kier alpha value is -3.10. The van der Waals surface area contributed by atoms with Gasteiger partial charge in [-0.3, -0.25) is 10.1 Å². The van der Waals surface area contributed by atoms with Gasteiger partial charge in [0.25, 0.3) is 5.91 Å². The van der Waals surface area contributed by atoms with Crippen LogP contribution >= 0.6 is 0 Å². The lowest BCUT2D eigenvalue weighted by atomic mass is 10.1. The van der Waals surface area contributed by atoms with E-state index in [9.17, 15) is 14.7 Å². The van der Waals surface area contributed by atoms with Crippen LogP contribution in [-0.4, -0.2) is 64.8 Å². The minimum absolute atomic E-state index is 0.151. The average molecular weight is 372 g/mol. The van der Waals surface area contributed by atoms with Gasteiger partial charge in [-0.15, -0.1) is 0 Å². The van der Waals surface area contributed by atoms with E-state index in [0.717, 1.165) is 12.0 Å². The minimum atomic E-state index is -0.586. The van der Waals surface area contributed by atoms with Gasteiger partial charge in [0, 0.05) is 13.6 Å². The fourth-order valence-electron chi connectivity index (χ4n) is 3.03. The van der Waals surface area contributed by atoms with E-state index in [0.29, 0.717) is 18.4 Å². The van der Waals surface area contributed by atoms with Gasteiger partial charge in [-0.2, -0.15) is 5.10 Å². The number of benzene rings is 1. The van der Waals surface area contributed by atoms with Gasteiger partial charge in [0.2, 0.25) is 5.96 Å². The SMILES string of the molecule is CC(C)CCN1C(N/N=C\c2cccc(O)c2)=NC2C1C(=O)NC(=O)N2C. The number of imide groups is 1. The van der Waals surface area contributed by atoms with Crippen molar-refractivity contribution in [1.82, 2.24) is 20.5 Å². The standard InChI is InChI=1S/C18H24N6O3/c1-11(2)7-8-24-14-15(23(3)18(27)21-16(14)26)20-17(24)22-19-10-12-5-4-6-13(25)9-12/h4-6,9-11,14-15,25H,7-8H2,1-3H3,(H,20,22)(H,21,26,27)/b19-10-. The van der Waals surface area contributed by atoms with E-state index < -0.39 is 18.2 Å². The minimum Gasteiger partial charge on any atom is -0.508 e. The highest BCUT2D eigenvalue weighted by atomic mass is 16.3. The predicted octanol–water partition coefficient (Wildman–Crippen LogP) is 0.910. The van der Waals surface area contributed by atoms with Crippen LogP contribution in [0.1, 0.15) is 25.8 Å². The average Bonchev–Trinajstić information content (AvgIpc) is 2.97. The molecular formula is C18H24N6O3. The molecule has 2 atom stereocenters. The van der Waals surface area contributed by atoms with Gasteiger partial charge in [-0.05, 0) is 30.0 Å². The number of phenols is 1. The molecule has 0 aliphatic carbocycles. The normalized spacial score (nSPS) is 22.3. The van der Waals surface area contributed by atoms with Crippen molar-refractivity contribution >= 4 is 24.1 Å². The second kappa shape index (κ2) is 7.65. The quantitative estimate of drug-likeness (QED) is 0.526. The molecule has 0 bridgehead atoms. The van der Waals surface area contributed by atoms with E-state index in [1.165, 1.54) is 4.90 Å². The fraction of sp³-hybridized carbons (Fsp3) is 0.444. The van der Waals surface area contributed by atoms with Crippen molar-refractivity contribution in [2.24, 2.45) is 16.0 Å². The maximum Gasteiger partial charge on any atom is 0.325 e. The summed E-state index contributed by atoms with van der Waals surface area (Å²) in [5.41, 5.74) is 3.60. The summed E-state index contributed by atoms with van der Waals surface area (Å²) in [7, 11) is 1.61.